The summed E-state index contributed by atoms with van der Waals surface area (Å²) in [6.45, 7) is 10.5. The van der Waals surface area contributed by atoms with E-state index in [4.69, 9.17) is 0 Å². The topological polar surface area (TPSA) is 37.8 Å². The van der Waals surface area contributed by atoms with Crippen LogP contribution in [0.5, 0.6) is 0 Å². The third kappa shape index (κ3) is 3.78. The molecule has 0 saturated heterocycles. The SMILES string of the molecule is CC(C)n1[nH]c(CSC(C)(C)C)cc1=O. The quantitative estimate of drug-likeness (QED) is 0.864. The van der Waals surface area contributed by atoms with Crippen molar-refractivity contribution in [3.63, 3.8) is 0 Å². The van der Waals surface area contributed by atoms with Crippen molar-refractivity contribution in [1.82, 2.24) is 9.78 Å². The average Bonchev–Trinajstić information content (AvgIpc) is 2.42. The van der Waals surface area contributed by atoms with Crippen molar-refractivity contribution in [2.75, 3.05) is 0 Å². The molecule has 0 aromatic carbocycles. The zero-order valence-corrected chi connectivity index (χ0v) is 10.9. The van der Waals surface area contributed by atoms with E-state index in [0.29, 0.717) is 0 Å². The molecule has 1 heterocycles. The second-order valence-corrected chi connectivity index (χ2v) is 6.79. The van der Waals surface area contributed by atoms with Gasteiger partial charge in [-0.25, -0.2) is 0 Å². The minimum atomic E-state index is 0.0644. The predicted molar refractivity (Wildman–Crippen MR) is 66.5 cm³/mol. The van der Waals surface area contributed by atoms with E-state index in [-0.39, 0.29) is 16.3 Å². The van der Waals surface area contributed by atoms with Crippen LogP contribution < -0.4 is 5.56 Å². The molecule has 1 aromatic heterocycles. The summed E-state index contributed by atoms with van der Waals surface area (Å²) >= 11 is 1.84. The molecule has 0 atom stereocenters. The molecule has 1 aromatic rings. The number of nitrogens with one attached hydrogen (secondary N) is 1. The summed E-state index contributed by atoms with van der Waals surface area (Å²) in [7, 11) is 0. The van der Waals surface area contributed by atoms with Gasteiger partial charge in [0.15, 0.2) is 0 Å². The molecular formula is C11H20N2OS. The van der Waals surface area contributed by atoms with Crippen LogP contribution in [0, 0.1) is 0 Å². The fourth-order valence-corrected chi connectivity index (χ4v) is 1.95. The predicted octanol–water partition coefficient (Wildman–Crippen LogP) is 2.79. The molecule has 0 aliphatic heterocycles. The lowest BCUT2D eigenvalue weighted by atomic mass is 10.3. The Morgan fingerprint density at radius 1 is 1.47 bits per heavy atom. The van der Waals surface area contributed by atoms with Gasteiger partial charge >= 0.3 is 0 Å². The van der Waals surface area contributed by atoms with Gasteiger partial charge in [0.05, 0.1) is 0 Å². The lowest BCUT2D eigenvalue weighted by molar-refractivity contribution is 0.513. The summed E-state index contributed by atoms with van der Waals surface area (Å²) in [6.07, 6.45) is 0. The maximum Gasteiger partial charge on any atom is 0.266 e. The molecule has 0 unspecified atom stereocenters. The zero-order valence-electron chi connectivity index (χ0n) is 10.1. The first-order chi connectivity index (χ1) is 6.79. The summed E-state index contributed by atoms with van der Waals surface area (Å²) in [6, 6.07) is 1.89. The number of hydrogen-bond donors (Lipinski definition) is 1. The van der Waals surface area contributed by atoms with Crippen LogP contribution >= 0.6 is 11.8 Å². The van der Waals surface area contributed by atoms with Crippen LogP contribution in [0.25, 0.3) is 0 Å². The number of nitrogens with zero attached hydrogens (tertiary/aromatic N) is 1. The first-order valence-corrected chi connectivity index (χ1v) is 6.22. The van der Waals surface area contributed by atoms with E-state index in [1.54, 1.807) is 10.7 Å². The van der Waals surface area contributed by atoms with Crippen molar-refractivity contribution in [2.24, 2.45) is 0 Å². The summed E-state index contributed by atoms with van der Waals surface area (Å²) in [4.78, 5) is 11.5. The van der Waals surface area contributed by atoms with E-state index >= 15 is 0 Å². The smallest absolute Gasteiger partial charge is 0.266 e. The zero-order chi connectivity index (χ0) is 11.6. The Balaban J connectivity index is 2.72. The van der Waals surface area contributed by atoms with Gasteiger partial charge in [-0.2, -0.15) is 0 Å². The molecule has 0 fully saturated rings. The Hall–Kier alpha value is -0.640. The number of rotatable bonds is 3. The van der Waals surface area contributed by atoms with Crippen molar-refractivity contribution in [2.45, 2.75) is 51.2 Å². The fourth-order valence-electron chi connectivity index (χ4n) is 1.21. The largest absolute Gasteiger partial charge is 0.299 e. The Morgan fingerprint density at radius 3 is 2.47 bits per heavy atom. The molecule has 15 heavy (non-hydrogen) atoms. The molecule has 0 saturated carbocycles. The highest BCUT2D eigenvalue weighted by atomic mass is 32.2. The van der Waals surface area contributed by atoms with Crippen molar-refractivity contribution in [3.8, 4) is 0 Å². The van der Waals surface area contributed by atoms with Crippen LogP contribution in [-0.4, -0.2) is 14.5 Å². The molecular weight excluding hydrogens is 208 g/mol. The highest BCUT2D eigenvalue weighted by Crippen LogP contribution is 2.26. The van der Waals surface area contributed by atoms with Gasteiger partial charge in [-0.05, 0) is 13.8 Å². The van der Waals surface area contributed by atoms with E-state index in [9.17, 15) is 4.79 Å². The molecule has 0 radical (unpaired) electrons. The summed E-state index contributed by atoms with van der Waals surface area (Å²) in [5.74, 6) is 0.860. The normalized spacial score (nSPS) is 12.4. The van der Waals surface area contributed by atoms with E-state index in [1.165, 1.54) is 0 Å². The van der Waals surface area contributed by atoms with Crippen molar-refractivity contribution >= 4 is 11.8 Å². The number of aromatic amines is 1. The van der Waals surface area contributed by atoms with Crippen LogP contribution in [-0.2, 0) is 5.75 Å². The Labute approximate surface area is 95.2 Å². The van der Waals surface area contributed by atoms with Gasteiger partial charge in [0.2, 0.25) is 0 Å². The molecule has 4 heteroatoms. The maximum absolute atomic E-state index is 11.5. The van der Waals surface area contributed by atoms with Gasteiger partial charge in [0.25, 0.3) is 5.56 Å². The minimum Gasteiger partial charge on any atom is -0.299 e. The lowest BCUT2D eigenvalue weighted by Gasteiger charge is -2.16. The summed E-state index contributed by atoms with van der Waals surface area (Å²) < 4.78 is 1.90. The molecule has 0 bridgehead atoms. The lowest BCUT2D eigenvalue weighted by Crippen LogP contribution is -2.17. The number of H-pyrrole nitrogens is 1. The second kappa shape index (κ2) is 4.47. The van der Waals surface area contributed by atoms with Gasteiger partial charge < -0.3 is 0 Å². The third-order valence-electron chi connectivity index (χ3n) is 1.98. The molecule has 1 rings (SSSR count). The monoisotopic (exact) mass is 228 g/mol. The van der Waals surface area contributed by atoms with E-state index in [0.717, 1.165) is 11.4 Å². The highest BCUT2D eigenvalue weighted by Gasteiger charge is 2.12. The van der Waals surface area contributed by atoms with Crippen molar-refractivity contribution < 1.29 is 0 Å². The van der Waals surface area contributed by atoms with Gasteiger partial charge in [0, 0.05) is 28.3 Å². The first kappa shape index (κ1) is 12.4. The van der Waals surface area contributed by atoms with E-state index in [1.807, 2.05) is 25.6 Å². The minimum absolute atomic E-state index is 0.0644. The van der Waals surface area contributed by atoms with Crippen LogP contribution in [0.3, 0.4) is 0 Å². The van der Waals surface area contributed by atoms with Crippen LogP contribution in [0.15, 0.2) is 10.9 Å². The molecule has 86 valence electrons. The van der Waals surface area contributed by atoms with Gasteiger partial charge in [-0.15, -0.1) is 11.8 Å². The standard InChI is InChI=1S/C11H20N2OS/c1-8(2)13-10(14)6-9(12-13)7-15-11(3,4)5/h6,8,12H,7H2,1-5H3. The second-order valence-electron chi connectivity index (χ2n) is 4.98. The summed E-state index contributed by atoms with van der Waals surface area (Å²) in [5, 5.41) is 3.14. The first-order valence-electron chi connectivity index (χ1n) is 5.24. The van der Waals surface area contributed by atoms with Crippen LogP contribution in [0.1, 0.15) is 46.4 Å². The van der Waals surface area contributed by atoms with E-state index in [2.05, 4.69) is 25.9 Å². The van der Waals surface area contributed by atoms with Crippen molar-refractivity contribution in [1.29, 1.82) is 0 Å². The molecule has 1 N–H and O–H groups in total. The molecule has 0 aliphatic rings. The maximum atomic E-state index is 11.5. The van der Waals surface area contributed by atoms with Crippen molar-refractivity contribution in [3.05, 3.63) is 22.1 Å². The Kier molecular flexibility index (Phi) is 3.71. The van der Waals surface area contributed by atoms with Gasteiger partial charge in [-0.3, -0.25) is 14.6 Å². The average molecular weight is 228 g/mol. The Bertz CT molecular complexity index is 371. The summed E-state index contributed by atoms with van der Waals surface area (Å²) in [5.41, 5.74) is 1.07. The van der Waals surface area contributed by atoms with Gasteiger partial charge in [-0.1, -0.05) is 20.8 Å². The Morgan fingerprint density at radius 2 is 2.07 bits per heavy atom. The molecule has 0 aliphatic carbocycles. The number of thioether (sulfide) groups is 1. The highest BCUT2D eigenvalue weighted by molar-refractivity contribution is 7.99. The number of aromatic nitrogens is 2. The fraction of sp³-hybridized carbons (Fsp3) is 0.727. The van der Waals surface area contributed by atoms with Crippen LogP contribution in [0.2, 0.25) is 0 Å². The van der Waals surface area contributed by atoms with Crippen LogP contribution in [0.4, 0.5) is 0 Å². The molecule has 0 amide bonds. The third-order valence-corrected chi connectivity index (χ3v) is 3.30. The number of hydrogen-bond acceptors (Lipinski definition) is 2. The molecule has 0 spiro atoms. The molecule has 3 nitrogen and oxygen atoms in total. The van der Waals surface area contributed by atoms with Gasteiger partial charge in [0.1, 0.15) is 0 Å². The van der Waals surface area contributed by atoms with E-state index < -0.39 is 0 Å².